The number of hydrogen-bond donors (Lipinski definition) is 1. The first-order valence-corrected chi connectivity index (χ1v) is 5.75. The van der Waals surface area contributed by atoms with Gasteiger partial charge < -0.3 is 5.73 Å². The van der Waals surface area contributed by atoms with E-state index in [0.29, 0.717) is 24.0 Å². The second-order valence-corrected chi connectivity index (χ2v) is 4.87. The van der Waals surface area contributed by atoms with Gasteiger partial charge in [0.15, 0.2) is 5.78 Å². The summed E-state index contributed by atoms with van der Waals surface area (Å²) in [5, 5.41) is 0. The third kappa shape index (κ3) is 2.14. The first-order chi connectivity index (χ1) is 8.24. The molecule has 0 atom stereocenters. The normalized spacial score (nSPS) is 18.3. The Bertz CT molecular complexity index is 489. The molecule has 18 heavy (non-hydrogen) atoms. The molecule has 0 radical (unpaired) electrons. The van der Waals surface area contributed by atoms with Crippen molar-refractivity contribution in [1.82, 2.24) is 0 Å². The van der Waals surface area contributed by atoms with Crippen molar-refractivity contribution in [2.24, 2.45) is 5.73 Å². The summed E-state index contributed by atoms with van der Waals surface area (Å²) in [6.45, 7) is 1.50. The van der Waals surface area contributed by atoms with E-state index in [1.54, 1.807) is 0 Å². The minimum Gasteiger partial charge on any atom is -0.319 e. The molecule has 2 nitrogen and oxygen atoms in total. The van der Waals surface area contributed by atoms with Gasteiger partial charge in [-0.15, -0.1) is 0 Å². The van der Waals surface area contributed by atoms with E-state index >= 15 is 0 Å². The predicted molar refractivity (Wildman–Crippen MR) is 61.3 cm³/mol. The van der Waals surface area contributed by atoms with Crippen LogP contribution in [-0.4, -0.2) is 11.3 Å². The first-order valence-electron chi connectivity index (χ1n) is 5.75. The number of ketones is 1. The largest absolute Gasteiger partial charge is 0.416 e. The van der Waals surface area contributed by atoms with Crippen molar-refractivity contribution in [1.29, 1.82) is 0 Å². The van der Waals surface area contributed by atoms with Gasteiger partial charge in [-0.3, -0.25) is 4.79 Å². The van der Waals surface area contributed by atoms with Crippen LogP contribution >= 0.6 is 0 Å². The Morgan fingerprint density at radius 2 is 1.94 bits per heavy atom. The fourth-order valence-corrected chi connectivity index (χ4v) is 2.15. The lowest BCUT2D eigenvalue weighted by Crippen LogP contribution is -2.53. The molecule has 1 aliphatic carbocycles. The fraction of sp³-hybridized carbons (Fsp3) is 0.462. The molecule has 5 heteroatoms. The van der Waals surface area contributed by atoms with Gasteiger partial charge in [0.05, 0.1) is 11.1 Å². The van der Waals surface area contributed by atoms with Crippen LogP contribution in [-0.2, 0) is 6.18 Å². The van der Waals surface area contributed by atoms with E-state index < -0.39 is 17.3 Å². The van der Waals surface area contributed by atoms with Crippen LogP contribution in [0.1, 0.15) is 40.7 Å². The van der Waals surface area contributed by atoms with Crippen LogP contribution in [0.4, 0.5) is 13.2 Å². The first kappa shape index (κ1) is 13.1. The zero-order chi connectivity index (χ0) is 13.6. The molecular weight excluding hydrogens is 243 g/mol. The Morgan fingerprint density at radius 1 is 1.33 bits per heavy atom. The molecule has 0 bridgehead atoms. The third-order valence-electron chi connectivity index (χ3n) is 3.50. The Kier molecular flexibility index (Phi) is 2.97. The van der Waals surface area contributed by atoms with Gasteiger partial charge >= 0.3 is 6.18 Å². The van der Waals surface area contributed by atoms with E-state index in [9.17, 15) is 18.0 Å². The lowest BCUT2D eigenvalue weighted by atomic mass is 9.72. The molecule has 0 amide bonds. The van der Waals surface area contributed by atoms with Crippen molar-refractivity contribution in [3.8, 4) is 0 Å². The number of rotatable bonds is 2. The molecule has 98 valence electrons. The van der Waals surface area contributed by atoms with Crippen LogP contribution in [0.3, 0.4) is 0 Å². The summed E-state index contributed by atoms with van der Waals surface area (Å²) in [7, 11) is 0. The number of hydrogen-bond acceptors (Lipinski definition) is 2. The summed E-state index contributed by atoms with van der Waals surface area (Å²) in [4.78, 5) is 12.1. The van der Waals surface area contributed by atoms with Gasteiger partial charge in [0.1, 0.15) is 0 Å². The lowest BCUT2D eigenvalue weighted by molar-refractivity contribution is -0.137. The Morgan fingerprint density at radius 3 is 2.33 bits per heavy atom. The van der Waals surface area contributed by atoms with Crippen molar-refractivity contribution in [2.45, 2.75) is 37.9 Å². The zero-order valence-electron chi connectivity index (χ0n) is 9.97. The highest BCUT2D eigenvalue weighted by Gasteiger charge is 2.41. The van der Waals surface area contributed by atoms with Crippen molar-refractivity contribution < 1.29 is 18.0 Å². The van der Waals surface area contributed by atoms with E-state index in [-0.39, 0.29) is 5.78 Å². The van der Waals surface area contributed by atoms with Gasteiger partial charge in [0, 0.05) is 5.56 Å². The van der Waals surface area contributed by atoms with Gasteiger partial charge in [-0.1, -0.05) is 6.07 Å². The van der Waals surface area contributed by atoms with Crippen molar-refractivity contribution in [2.75, 3.05) is 0 Å². The SMILES string of the molecule is Cc1cc(C(F)(F)F)ccc1C(=O)C1(N)CCC1. The second kappa shape index (κ2) is 4.09. The van der Waals surface area contributed by atoms with Crippen LogP contribution in [0.25, 0.3) is 0 Å². The minimum absolute atomic E-state index is 0.250. The molecule has 1 aliphatic rings. The molecule has 0 aromatic heterocycles. The Balaban J connectivity index is 2.33. The molecule has 0 unspecified atom stereocenters. The van der Waals surface area contributed by atoms with Crippen molar-refractivity contribution in [3.63, 3.8) is 0 Å². The quantitative estimate of drug-likeness (QED) is 0.827. The Labute approximate surface area is 103 Å². The molecule has 0 heterocycles. The van der Waals surface area contributed by atoms with Crippen LogP contribution in [0.15, 0.2) is 18.2 Å². The monoisotopic (exact) mass is 257 g/mol. The Hall–Kier alpha value is -1.36. The van der Waals surface area contributed by atoms with Gasteiger partial charge in [0.2, 0.25) is 0 Å². The molecule has 1 fully saturated rings. The topological polar surface area (TPSA) is 43.1 Å². The second-order valence-electron chi connectivity index (χ2n) is 4.87. The smallest absolute Gasteiger partial charge is 0.319 e. The third-order valence-corrected chi connectivity index (χ3v) is 3.50. The van der Waals surface area contributed by atoms with Gasteiger partial charge in [-0.05, 0) is 43.9 Å². The molecule has 1 aromatic rings. The summed E-state index contributed by atoms with van der Waals surface area (Å²) in [5.41, 5.74) is 4.91. The van der Waals surface area contributed by atoms with E-state index in [2.05, 4.69) is 0 Å². The highest BCUT2D eigenvalue weighted by Crippen LogP contribution is 2.35. The highest BCUT2D eigenvalue weighted by molar-refractivity contribution is 6.04. The molecule has 1 saturated carbocycles. The lowest BCUT2D eigenvalue weighted by Gasteiger charge is -2.36. The zero-order valence-corrected chi connectivity index (χ0v) is 9.97. The summed E-state index contributed by atoms with van der Waals surface area (Å²) >= 11 is 0. The average Bonchev–Trinajstić information content (AvgIpc) is 2.23. The van der Waals surface area contributed by atoms with Crippen molar-refractivity contribution >= 4 is 5.78 Å². The maximum Gasteiger partial charge on any atom is 0.416 e. The number of nitrogens with two attached hydrogens (primary N) is 1. The van der Waals surface area contributed by atoms with Gasteiger partial charge in [0.25, 0.3) is 0 Å². The number of halogens is 3. The fourth-order valence-electron chi connectivity index (χ4n) is 2.15. The molecular formula is C13H14F3NO. The summed E-state index contributed by atoms with van der Waals surface area (Å²) in [5.74, 6) is -0.250. The molecule has 2 N–H and O–H groups in total. The van der Waals surface area contributed by atoms with Crippen LogP contribution in [0.5, 0.6) is 0 Å². The standard InChI is InChI=1S/C13H14F3NO/c1-8-7-9(13(14,15)16)3-4-10(8)11(18)12(17)5-2-6-12/h3-4,7H,2,5-6,17H2,1H3. The molecule has 0 aliphatic heterocycles. The molecule has 0 spiro atoms. The molecule has 2 rings (SSSR count). The van der Waals surface area contributed by atoms with Crippen LogP contribution < -0.4 is 5.73 Å². The summed E-state index contributed by atoms with van der Waals surface area (Å²) in [6, 6.07) is 3.16. The van der Waals surface area contributed by atoms with E-state index in [4.69, 9.17) is 5.73 Å². The summed E-state index contributed by atoms with van der Waals surface area (Å²) < 4.78 is 37.5. The van der Waals surface area contributed by atoms with Gasteiger partial charge in [-0.25, -0.2) is 0 Å². The van der Waals surface area contributed by atoms with Gasteiger partial charge in [-0.2, -0.15) is 13.2 Å². The van der Waals surface area contributed by atoms with Crippen LogP contribution in [0.2, 0.25) is 0 Å². The summed E-state index contributed by atoms with van der Waals surface area (Å²) in [6.07, 6.45) is -2.29. The maximum absolute atomic E-state index is 12.5. The number of carbonyl (C=O) groups is 1. The highest BCUT2D eigenvalue weighted by atomic mass is 19.4. The number of aryl methyl sites for hydroxylation is 1. The number of carbonyl (C=O) groups excluding carboxylic acids is 1. The van der Waals surface area contributed by atoms with E-state index in [1.165, 1.54) is 13.0 Å². The minimum atomic E-state index is -4.39. The van der Waals surface area contributed by atoms with E-state index in [1.807, 2.05) is 0 Å². The number of benzene rings is 1. The van der Waals surface area contributed by atoms with E-state index in [0.717, 1.165) is 18.6 Å². The maximum atomic E-state index is 12.5. The molecule has 1 aromatic carbocycles. The van der Waals surface area contributed by atoms with Crippen LogP contribution in [0, 0.1) is 6.92 Å². The number of Topliss-reactive ketones (excluding diaryl/α,β-unsaturated/α-hetero) is 1. The molecule has 0 saturated heterocycles. The van der Waals surface area contributed by atoms with Crippen molar-refractivity contribution in [3.05, 3.63) is 34.9 Å². The number of alkyl halides is 3. The average molecular weight is 257 g/mol. The predicted octanol–water partition coefficient (Wildman–Crippen LogP) is 3.08.